The van der Waals surface area contributed by atoms with Gasteiger partial charge in [0.1, 0.15) is 0 Å². The molecule has 24 heavy (non-hydrogen) atoms. The standard InChI is InChI=1S/C16H21N3O3S2/c20-15(17-9-12-24(21,22)19-10-3-4-11-19)7-8-16-18-13-5-1-2-6-14(13)23-16/h1-2,5-6H,3-4,7-12H2,(H,17,20). The summed E-state index contributed by atoms with van der Waals surface area (Å²) in [4.78, 5) is 16.4. The molecule has 2 aromatic rings. The van der Waals surface area contributed by atoms with Crippen molar-refractivity contribution < 1.29 is 13.2 Å². The second-order valence-corrected chi connectivity index (χ2v) is 9.05. The minimum Gasteiger partial charge on any atom is -0.355 e. The first-order chi connectivity index (χ1) is 11.5. The molecule has 0 radical (unpaired) electrons. The van der Waals surface area contributed by atoms with E-state index in [1.807, 2.05) is 24.3 Å². The van der Waals surface area contributed by atoms with Crippen LogP contribution in [0.15, 0.2) is 24.3 Å². The molecule has 1 aromatic carbocycles. The number of nitrogens with one attached hydrogen (secondary N) is 1. The van der Waals surface area contributed by atoms with E-state index in [1.54, 1.807) is 11.3 Å². The molecule has 1 aliphatic rings. The summed E-state index contributed by atoms with van der Waals surface area (Å²) in [6.07, 6.45) is 2.75. The molecule has 3 rings (SSSR count). The van der Waals surface area contributed by atoms with Crippen molar-refractivity contribution in [2.75, 3.05) is 25.4 Å². The Hall–Kier alpha value is -1.51. The number of nitrogens with zero attached hydrogens (tertiary/aromatic N) is 2. The van der Waals surface area contributed by atoms with Crippen LogP contribution in [-0.4, -0.2) is 49.0 Å². The fraction of sp³-hybridized carbons (Fsp3) is 0.500. The number of sulfonamides is 1. The molecule has 130 valence electrons. The van der Waals surface area contributed by atoms with E-state index in [9.17, 15) is 13.2 Å². The molecule has 0 spiro atoms. The number of para-hydroxylation sites is 1. The van der Waals surface area contributed by atoms with E-state index in [1.165, 1.54) is 4.31 Å². The third kappa shape index (κ3) is 4.31. The Morgan fingerprint density at radius 3 is 2.75 bits per heavy atom. The molecule has 0 aliphatic carbocycles. The predicted molar refractivity (Wildman–Crippen MR) is 95.5 cm³/mol. The van der Waals surface area contributed by atoms with Crippen molar-refractivity contribution in [2.24, 2.45) is 0 Å². The van der Waals surface area contributed by atoms with E-state index in [4.69, 9.17) is 0 Å². The maximum Gasteiger partial charge on any atom is 0.220 e. The Morgan fingerprint density at radius 1 is 1.25 bits per heavy atom. The van der Waals surface area contributed by atoms with Crippen LogP contribution in [0, 0.1) is 0 Å². The van der Waals surface area contributed by atoms with Crippen molar-refractivity contribution in [3.05, 3.63) is 29.3 Å². The topological polar surface area (TPSA) is 79.4 Å². The molecule has 1 saturated heterocycles. The fourth-order valence-corrected chi connectivity index (χ4v) is 5.15. The number of hydrogen-bond donors (Lipinski definition) is 1. The summed E-state index contributed by atoms with van der Waals surface area (Å²) in [6, 6.07) is 7.88. The van der Waals surface area contributed by atoms with Gasteiger partial charge in [0.15, 0.2) is 0 Å². The molecule has 0 bridgehead atoms. The number of aromatic nitrogens is 1. The first-order valence-corrected chi connectivity index (χ1v) is 10.6. The average Bonchev–Trinajstić information content (AvgIpc) is 3.22. The minimum atomic E-state index is -3.23. The second-order valence-electron chi connectivity index (χ2n) is 5.85. The van der Waals surface area contributed by atoms with Crippen LogP contribution in [0.3, 0.4) is 0 Å². The van der Waals surface area contributed by atoms with Crippen molar-refractivity contribution in [2.45, 2.75) is 25.7 Å². The lowest BCUT2D eigenvalue weighted by Gasteiger charge is -2.15. The van der Waals surface area contributed by atoms with Gasteiger partial charge in [-0.05, 0) is 25.0 Å². The summed E-state index contributed by atoms with van der Waals surface area (Å²) in [5.74, 6) is -0.161. The second kappa shape index (κ2) is 7.58. The first kappa shape index (κ1) is 17.3. The van der Waals surface area contributed by atoms with Crippen LogP contribution in [0.5, 0.6) is 0 Å². The lowest BCUT2D eigenvalue weighted by atomic mass is 10.3. The highest BCUT2D eigenvalue weighted by Gasteiger charge is 2.24. The number of hydrogen-bond acceptors (Lipinski definition) is 5. The van der Waals surface area contributed by atoms with Crippen molar-refractivity contribution in [3.8, 4) is 0 Å². The summed E-state index contributed by atoms with van der Waals surface area (Å²) in [5.41, 5.74) is 0.953. The summed E-state index contributed by atoms with van der Waals surface area (Å²) in [6.45, 7) is 1.37. The Kier molecular flexibility index (Phi) is 5.47. The smallest absolute Gasteiger partial charge is 0.220 e. The van der Waals surface area contributed by atoms with Crippen LogP contribution in [-0.2, 0) is 21.2 Å². The molecule has 1 aromatic heterocycles. The van der Waals surface area contributed by atoms with Gasteiger partial charge in [-0.2, -0.15) is 0 Å². The molecule has 8 heteroatoms. The number of fused-ring (bicyclic) bond motifs is 1. The molecule has 1 amide bonds. The Labute approximate surface area is 145 Å². The van der Waals surface area contributed by atoms with Crippen molar-refractivity contribution in [1.82, 2.24) is 14.6 Å². The van der Waals surface area contributed by atoms with Crippen molar-refractivity contribution >= 4 is 37.5 Å². The molecule has 0 saturated carbocycles. The highest BCUT2D eigenvalue weighted by atomic mass is 32.2. The number of benzene rings is 1. The van der Waals surface area contributed by atoms with Crippen LogP contribution in [0.2, 0.25) is 0 Å². The van der Waals surface area contributed by atoms with Crippen LogP contribution in [0.25, 0.3) is 10.2 Å². The minimum absolute atomic E-state index is 0.0279. The summed E-state index contributed by atoms with van der Waals surface area (Å²) < 4.78 is 26.7. The van der Waals surface area contributed by atoms with Gasteiger partial charge in [0.05, 0.1) is 21.0 Å². The number of carbonyl (C=O) groups excluding carboxylic acids is 1. The van der Waals surface area contributed by atoms with Gasteiger partial charge < -0.3 is 5.32 Å². The van der Waals surface area contributed by atoms with E-state index < -0.39 is 10.0 Å². The Morgan fingerprint density at radius 2 is 2.00 bits per heavy atom. The third-order valence-corrected chi connectivity index (χ3v) is 7.01. The van der Waals surface area contributed by atoms with Gasteiger partial charge in [0, 0.05) is 32.5 Å². The normalized spacial score (nSPS) is 15.8. The van der Waals surface area contributed by atoms with Gasteiger partial charge >= 0.3 is 0 Å². The van der Waals surface area contributed by atoms with E-state index in [2.05, 4.69) is 10.3 Å². The molecule has 1 N–H and O–H groups in total. The molecule has 1 fully saturated rings. The lowest BCUT2D eigenvalue weighted by molar-refractivity contribution is -0.120. The van der Waals surface area contributed by atoms with Gasteiger partial charge in [-0.25, -0.2) is 17.7 Å². The number of aryl methyl sites for hydroxylation is 1. The molecular weight excluding hydrogens is 346 g/mol. The molecule has 2 heterocycles. The maximum absolute atomic E-state index is 12.1. The van der Waals surface area contributed by atoms with E-state index in [0.29, 0.717) is 25.9 Å². The largest absolute Gasteiger partial charge is 0.355 e. The van der Waals surface area contributed by atoms with E-state index >= 15 is 0 Å². The van der Waals surface area contributed by atoms with Gasteiger partial charge in [0.25, 0.3) is 0 Å². The van der Waals surface area contributed by atoms with E-state index in [-0.39, 0.29) is 18.2 Å². The Bertz CT molecular complexity index is 778. The zero-order valence-corrected chi connectivity index (χ0v) is 15.0. The predicted octanol–water partition coefficient (Wildman–Crippen LogP) is 1.77. The van der Waals surface area contributed by atoms with Gasteiger partial charge in [-0.1, -0.05) is 12.1 Å². The monoisotopic (exact) mass is 367 g/mol. The molecule has 0 unspecified atom stereocenters. The Balaban J connectivity index is 1.42. The number of rotatable bonds is 7. The number of thiazole rings is 1. The van der Waals surface area contributed by atoms with Crippen LogP contribution < -0.4 is 5.32 Å². The average molecular weight is 367 g/mol. The van der Waals surface area contributed by atoms with Crippen molar-refractivity contribution in [3.63, 3.8) is 0 Å². The number of amides is 1. The molecule has 6 nitrogen and oxygen atoms in total. The van der Waals surface area contributed by atoms with Gasteiger partial charge in [-0.15, -0.1) is 11.3 Å². The first-order valence-electron chi connectivity index (χ1n) is 8.13. The van der Waals surface area contributed by atoms with E-state index in [0.717, 1.165) is 28.1 Å². The highest BCUT2D eigenvalue weighted by molar-refractivity contribution is 7.89. The fourth-order valence-electron chi connectivity index (χ4n) is 2.75. The van der Waals surface area contributed by atoms with Crippen LogP contribution in [0.4, 0.5) is 0 Å². The lowest BCUT2D eigenvalue weighted by Crippen LogP contribution is -2.36. The molecular formula is C16H21N3O3S2. The van der Waals surface area contributed by atoms with Gasteiger partial charge in [-0.3, -0.25) is 4.79 Å². The van der Waals surface area contributed by atoms with Crippen molar-refractivity contribution in [1.29, 1.82) is 0 Å². The highest BCUT2D eigenvalue weighted by Crippen LogP contribution is 2.22. The maximum atomic E-state index is 12.1. The SMILES string of the molecule is O=C(CCc1nc2ccccc2s1)NCCS(=O)(=O)N1CCCC1. The van der Waals surface area contributed by atoms with Gasteiger partial charge in [0.2, 0.25) is 15.9 Å². The molecule has 0 atom stereocenters. The summed E-state index contributed by atoms with van der Waals surface area (Å²) >= 11 is 1.59. The number of carbonyl (C=O) groups is 1. The summed E-state index contributed by atoms with van der Waals surface area (Å²) in [5, 5.41) is 3.63. The summed E-state index contributed by atoms with van der Waals surface area (Å²) in [7, 11) is -3.23. The van der Waals surface area contributed by atoms with Crippen LogP contribution in [0.1, 0.15) is 24.3 Å². The zero-order chi connectivity index (χ0) is 17.0. The van der Waals surface area contributed by atoms with Crippen LogP contribution >= 0.6 is 11.3 Å². The zero-order valence-electron chi connectivity index (χ0n) is 13.4. The third-order valence-electron chi connectivity index (χ3n) is 4.04. The quantitative estimate of drug-likeness (QED) is 0.809. The molecule has 1 aliphatic heterocycles.